The summed E-state index contributed by atoms with van der Waals surface area (Å²) in [5, 5.41) is 44.0. The molecule has 0 aliphatic carbocycles. The molecule has 6 rings (SSSR count). The van der Waals surface area contributed by atoms with E-state index in [4.69, 9.17) is 30.3 Å². The second-order valence-corrected chi connectivity index (χ2v) is 16.1. The number of H-pyrrole nitrogens is 1. The van der Waals surface area contributed by atoms with E-state index in [1.165, 1.54) is 35.0 Å². The van der Waals surface area contributed by atoms with Crippen LogP contribution in [0.25, 0.3) is 11.1 Å². The molecular weight excluding hydrogens is 884 g/mol. The first-order valence-corrected chi connectivity index (χ1v) is 21.1. The SMILES string of the molecule is COCCN1CCC(N(Cc2ccc(-c3ccc(C(F)(F)F)cc3)cc2)C(=O)Cc2nn(C(C)c3cn[nH]c3)c(=O)cc2SCc2cccc(F)c2F)CC1.O=C(O)C(O)C(O)C(=O)O. The van der Waals surface area contributed by atoms with Gasteiger partial charge in [-0.15, -0.1) is 11.8 Å². The number of nitrogens with one attached hydrogen (secondary N) is 1. The number of hydrogen-bond acceptors (Lipinski definition) is 11. The summed E-state index contributed by atoms with van der Waals surface area (Å²) in [6, 6.07) is 17.0. The quantitative estimate of drug-likeness (QED) is 0.0586. The van der Waals surface area contributed by atoms with E-state index in [-0.39, 0.29) is 36.2 Å². The van der Waals surface area contributed by atoms with Gasteiger partial charge in [-0.3, -0.25) is 14.7 Å². The number of halogens is 5. The summed E-state index contributed by atoms with van der Waals surface area (Å²) in [5.74, 6) is -5.72. The van der Waals surface area contributed by atoms with Gasteiger partial charge in [0.15, 0.2) is 23.8 Å². The smallest absolute Gasteiger partial charge is 0.416 e. The van der Waals surface area contributed by atoms with Crippen LogP contribution >= 0.6 is 11.8 Å². The number of thioether (sulfide) groups is 1. The van der Waals surface area contributed by atoms with E-state index in [1.54, 1.807) is 26.4 Å². The zero-order valence-corrected chi connectivity index (χ0v) is 35.9. The van der Waals surface area contributed by atoms with Crippen molar-refractivity contribution >= 4 is 29.6 Å². The molecule has 5 N–H and O–H groups in total. The number of aliphatic hydroxyl groups is 2. The van der Waals surface area contributed by atoms with Crippen LogP contribution in [0, 0.1) is 11.6 Å². The molecule has 0 saturated carbocycles. The Morgan fingerprint density at radius 3 is 2.12 bits per heavy atom. The van der Waals surface area contributed by atoms with Gasteiger partial charge in [0.1, 0.15) is 0 Å². The van der Waals surface area contributed by atoms with Crippen molar-refractivity contribution in [3.8, 4) is 11.1 Å². The summed E-state index contributed by atoms with van der Waals surface area (Å²) in [6.45, 7) is 4.94. The zero-order valence-electron chi connectivity index (χ0n) is 35.1. The van der Waals surface area contributed by atoms with Crippen molar-refractivity contribution in [2.24, 2.45) is 0 Å². The minimum Gasteiger partial charge on any atom is -0.479 e. The number of carbonyl (C=O) groups excluding carboxylic acids is 1. The molecule has 1 amide bonds. The van der Waals surface area contributed by atoms with Crippen molar-refractivity contribution in [2.75, 3.05) is 33.4 Å². The zero-order chi connectivity index (χ0) is 47.4. The van der Waals surface area contributed by atoms with E-state index in [0.29, 0.717) is 41.2 Å². The normalized spacial score (nSPS) is 14.8. The number of methoxy groups -OCH3 is 1. The largest absolute Gasteiger partial charge is 0.479 e. The van der Waals surface area contributed by atoms with Crippen LogP contribution in [0.1, 0.15) is 53.8 Å². The molecule has 65 heavy (non-hydrogen) atoms. The lowest BCUT2D eigenvalue weighted by Gasteiger charge is -2.38. The first-order valence-electron chi connectivity index (χ1n) is 20.1. The van der Waals surface area contributed by atoms with E-state index < -0.39 is 59.1 Å². The highest BCUT2D eigenvalue weighted by molar-refractivity contribution is 7.98. The maximum atomic E-state index is 14.6. The lowest BCUT2D eigenvalue weighted by molar-refractivity contribution is -0.165. The Morgan fingerprint density at radius 2 is 1.57 bits per heavy atom. The van der Waals surface area contributed by atoms with Gasteiger partial charge in [0.2, 0.25) is 5.91 Å². The monoisotopic (exact) mass is 930 g/mol. The molecule has 5 aromatic rings. The van der Waals surface area contributed by atoms with Gasteiger partial charge in [-0.2, -0.15) is 23.4 Å². The molecule has 1 aliphatic rings. The summed E-state index contributed by atoms with van der Waals surface area (Å²) < 4.78 is 74.6. The summed E-state index contributed by atoms with van der Waals surface area (Å²) in [6.07, 6.45) is -4.46. The highest BCUT2D eigenvalue weighted by Crippen LogP contribution is 2.32. The molecular formula is C44H47F5N6O9S. The Labute approximate surface area is 373 Å². The van der Waals surface area contributed by atoms with Gasteiger partial charge in [0.05, 0.1) is 36.5 Å². The molecule has 15 nitrogen and oxygen atoms in total. The van der Waals surface area contributed by atoms with Crippen molar-refractivity contribution in [3.05, 3.63) is 135 Å². The third kappa shape index (κ3) is 13.5. The number of benzene rings is 3. The number of carboxylic acids is 2. The van der Waals surface area contributed by atoms with Crippen molar-refractivity contribution in [2.45, 2.75) is 73.8 Å². The molecule has 0 bridgehead atoms. The van der Waals surface area contributed by atoms with Gasteiger partial charge in [-0.05, 0) is 54.7 Å². The maximum absolute atomic E-state index is 14.6. The first-order chi connectivity index (χ1) is 30.9. The average Bonchev–Trinajstić information content (AvgIpc) is 3.84. The predicted octanol–water partition coefficient (Wildman–Crippen LogP) is 5.39. The number of aromatic nitrogens is 4. The van der Waals surface area contributed by atoms with Crippen molar-refractivity contribution in [1.29, 1.82) is 0 Å². The molecule has 3 heterocycles. The molecule has 3 unspecified atom stereocenters. The van der Waals surface area contributed by atoms with E-state index in [0.717, 1.165) is 60.7 Å². The van der Waals surface area contributed by atoms with Crippen LogP contribution in [-0.2, 0) is 44.0 Å². The molecule has 348 valence electrons. The molecule has 21 heteroatoms. The highest BCUT2D eigenvalue weighted by Gasteiger charge is 2.32. The van der Waals surface area contributed by atoms with Crippen molar-refractivity contribution in [1.82, 2.24) is 29.8 Å². The minimum atomic E-state index is -4.43. The van der Waals surface area contributed by atoms with Crippen LogP contribution < -0.4 is 5.56 Å². The van der Waals surface area contributed by atoms with Crippen LogP contribution in [0.2, 0.25) is 0 Å². The molecule has 1 saturated heterocycles. The number of piperidine rings is 1. The molecule has 1 aliphatic heterocycles. The fraction of sp³-hybridized carbons (Fsp3) is 0.364. The standard InChI is InChI=1S/C40H41F5N6O3S.C4H6O6/c1-26(31-22-46-47-23-31)51-38(53)21-36(55-25-30-4-3-5-34(41)39(30)42)35(48-51)20-37(52)50(33-14-16-49(17-15-33)18-19-54-2)24-27-6-8-28(9-7-27)29-10-12-32(13-11-29)40(43,44)45;5-1(3(7)8)2(6)4(9)10/h3-13,21-23,26,33H,14-20,24-25H2,1-2H3,(H,46,47);1-2,5-6H,(H,7,8)(H,9,10). The summed E-state index contributed by atoms with van der Waals surface area (Å²) in [7, 11) is 1.66. The number of alkyl halides is 3. The Balaban J connectivity index is 0.000000709. The number of rotatable bonds is 17. The average molecular weight is 931 g/mol. The second kappa shape index (κ2) is 22.8. The van der Waals surface area contributed by atoms with Gasteiger partial charge in [0.25, 0.3) is 5.56 Å². The predicted molar refractivity (Wildman–Crippen MR) is 227 cm³/mol. The van der Waals surface area contributed by atoms with Gasteiger partial charge in [-0.1, -0.05) is 48.5 Å². The van der Waals surface area contributed by atoms with Gasteiger partial charge in [-0.25, -0.2) is 23.1 Å². The summed E-state index contributed by atoms with van der Waals surface area (Å²) in [5.41, 5.74) is 2.17. The highest BCUT2D eigenvalue weighted by atomic mass is 32.2. The number of aromatic amines is 1. The molecule has 1 fully saturated rings. The van der Waals surface area contributed by atoms with E-state index in [2.05, 4.69) is 15.1 Å². The third-order valence-corrected chi connectivity index (χ3v) is 11.8. The number of ether oxygens (including phenoxy) is 1. The van der Waals surface area contributed by atoms with Crippen LogP contribution in [0.5, 0.6) is 0 Å². The third-order valence-electron chi connectivity index (χ3n) is 10.7. The number of hydrogen-bond donors (Lipinski definition) is 5. The number of nitrogens with zero attached hydrogens (tertiary/aromatic N) is 5. The molecule has 3 atom stereocenters. The van der Waals surface area contributed by atoms with Crippen molar-refractivity contribution < 1.29 is 61.5 Å². The minimum absolute atomic E-state index is 0.00211. The van der Waals surface area contributed by atoms with E-state index >= 15 is 0 Å². The number of amides is 1. The molecule has 2 aromatic heterocycles. The number of likely N-dealkylation sites (tertiary alicyclic amines) is 1. The van der Waals surface area contributed by atoms with Crippen LogP contribution in [0.3, 0.4) is 0 Å². The number of aliphatic carboxylic acids is 2. The van der Waals surface area contributed by atoms with E-state index in [1.807, 2.05) is 29.2 Å². The Bertz CT molecular complexity index is 2410. The van der Waals surface area contributed by atoms with Gasteiger partial charge in [0, 0.05) is 73.4 Å². The molecule has 0 spiro atoms. The number of aliphatic hydroxyl groups excluding tert-OH is 2. The fourth-order valence-electron chi connectivity index (χ4n) is 6.92. The number of carbonyl (C=O) groups is 3. The van der Waals surface area contributed by atoms with Crippen LogP contribution in [0.15, 0.2) is 94.9 Å². The topological polar surface area (TPSA) is 211 Å². The van der Waals surface area contributed by atoms with Gasteiger partial charge < -0.3 is 35.0 Å². The fourth-order valence-corrected chi connectivity index (χ4v) is 7.92. The number of carboxylic acid groups (broad SMARTS) is 2. The van der Waals surface area contributed by atoms with Crippen molar-refractivity contribution in [3.63, 3.8) is 0 Å². The lowest BCUT2D eigenvalue weighted by atomic mass is 9.99. The van der Waals surface area contributed by atoms with Gasteiger partial charge >= 0.3 is 18.1 Å². The van der Waals surface area contributed by atoms with E-state index in [9.17, 15) is 41.1 Å². The lowest BCUT2D eigenvalue weighted by Crippen LogP contribution is -2.48. The summed E-state index contributed by atoms with van der Waals surface area (Å²) >= 11 is 1.11. The van der Waals surface area contributed by atoms with Crippen LogP contribution in [-0.4, -0.2) is 120 Å². The van der Waals surface area contributed by atoms with Crippen LogP contribution in [0.4, 0.5) is 22.0 Å². The Kier molecular flexibility index (Phi) is 17.5. The first kappa shape index (κ1) is 50.0. The molecule has 3 aromatic carbocycles. The molecule has 0 radical (unpaired) electrons. The second-order valence-electron chi connectivity index (χ2n) is 15.0. The Hall–Kier alpha value is -6.00. The summed E-state index contributed by atoms with van der Waals surface area (Å²) in [4.78, 5) is 52.0. The Morgan fingerprint density at radius 1 is 0.954 bits per heavy atom. The maximum Gasteiger partial charge on any atom is 0.416 e.